The molecule has 6 nitrogen and oxygen atoms in total. The Kier molecular flexibility index (Phi) is 60.7. The van der Waals surface area contributed by atoms with Crippen LogP contribution in [0.15, 0.2) is 48.6 Å². The summed E-state index contributed by atoms with van der Waals surface area (Å²) in [5, 5.41) is 0. The van der Waals surface area contributed by atoms with Crippen LogP contribution in [0.25, 0.3) is 0 Å². The lowest BCUT2D eigenvalue weighted by atomic mass is 10.0. The van der Waals surface area contributed by atoms with Crippen molar-refractivity contribution >= 4 is 17.9 Å². The largest absolute Gasteiger partial charge is 0.462 e. The lowest BCUT2D eigenvalue weighted by Crippen LogP contribution is -2.30. The second-order valence-electron chi connectivity index (χ2n) is 22.0. The van der Waals surface area contributed by atoms with E-state index in [1.165, 1.54) is 212 Å². The first-order valence-corrected chi connectivity index (χ1v) is 32.6. The van der Waals surface area contributed by atoms with E-state index < -0.39 is 6.10 Å². The van der Waals surface area contributed by atoms with Crippen LogP contribution in [0.3, 0.4) is 0 Å². The van der Waals surface area contributed by atoms with Crippen LogP contribution in [0.5, 0.6) is 0 Å². The SMILES string of the molecule is CC/C=C\C/C=C\C/C=C\CCCCCCCC(=O)OC(COC(=O)CCCCCCCCCCCCCCCC)COC(=O)CCCCCCCCCCCCCCCCC/C=C\CCCCCCCCCC. The van der Waals surface area contributed by atoms with E-state index in [-0.39, 0.29) is 31.1 Å². The van der Waals surface area contributed by atoms with E-state index in [4.69, 9.17) is 14.2 Å². The van der Waals surface area contributed by atoms with Gasteiger partial charge in [-0.3, -0.25) is 14.4 Å². The smallest absolute Gasteiger partial charge is 0.306 e. The maximum absolute atomic E-state index is 12.9. The first kappa shape index (κ1) is 71.4. The number of unbranched alkanes of at least 4 members (excludes halogenated alkanes) is 41. The topological polar surface area (TPSA) is 78.9 Å². The molecule has 0 radical (unpaired) electrons. The van der Waals surface area contributed by atoms with Crippen molar-refractivity contribution in [2.45, 2.75) is 354 Å². The van der Waals surface area contributed by atoms with Gasteiger partial charge in [0.25, 0.3) is 0 Å². The summed E-state index contributed by atoms with van der Waals surface area (Å²) in [6.07, 6.45) is 78.4. The quantitative estimate of drug-likeness (QED) is 0.0261. The zero-order chi connectivity index (χ0) is 53.6. The third kappa shape index (κ3) is 60.2. The van der Waals surface area contributed by atoms with E-state index in [1.54, 1.807) is 0 Å². The standard InChI is InChI=1S/C68H124O6/c1-4-7-10-13-16-19-22-25-28-29-30-31-32-33-34-35-36-37-38-39-41-43-46-49-52-55-58-61-67(70)73-64-65(63-72-66(69)60-57-54-51-48-45-42-27-24-21-18-15-12-9-6-3)74-68(71)62-59-56-53-50-47-44-40-26-23-20-17-14-11-8-5-2/h8,11,17,20,26,29-30,40,65H,4-7,9-10,12-16,18-19,21-25,27-28,31-39,41-64H2,1-3H3/b11-8-,20-17-,30-29-,40-26-. The molecule has 6 heteroatoms. The molecule has 0 heterocycles. The van der Waals surface area contributed by atoms with Gasteiger partial charge in [0, 0.05) is 19.3 Å². The van der Waals surface area contributed by atoms with Crippen molar-refractivity contribution in [3.63, 3.8) is 0 Å². The molecule has 0 fully saturated rings. The summed E-state index contributed by atoms with van der Waals surface area (Å²) < 4.78 is 16.9. The van der Waals surface area contributed by atoms with Gasteiger partial charge in [0.1, 0.15) is 13.2 Å². The van der Waals surface area contributed by atoms with Crippen LogP contribution in [0.4, 0.5) is 0 Å². The molecule has 0 aliphatic rings. The molecule has 432 valence electrons. The van der Waals surface area contributed by atoms with Crippen molar-refractivity contribution in [2.75, 3.05) is 13.2 Å². The maximum Gasteiger partial charge on any atom is 0.306 e. The van der Waals surface area contributed by atoms with E-state index in [9.17, 15) is 14.4 Å². The number of carbonyl (C=O) groups excluding carboxylic acids is 3. The number of allylic oxidation sites excluding steroid dienone is 8. The van der Waals surface area contributed by atoms with Crippen molar-refractivity contribution in [3.8, 4) is 0 Å². The molecule has 0 amide bonds. The van der Waals surface area contributed by atoms with E-state index in [0.717, 1.165) is 96.3 Å². The predicted molar refractivity (Wildman–Crippen MR) is 321 cm³/mol. The fourth-order valence-corrected chi connectivity index (χ4v) is 9.69. The minimum atomic E-state index is -0.780. The Morgan fingerprint density at radius 3 is 0.838 bits per heavy atom. The fraction of sp³-hybridized carbons (Fsp3) is 0.838. The molecule has 1 atom stereocenters. The highest BCUT2D eigenvalue weighted by Gasteiger charge is 2.19. The minimum absolute atomic E-state index is 0.0760. The molecule has 0 aliphatic heterocycles. The monoisotopic (exact) mass is 1040 g/mol. The molecule has 0 aliphatic carbocycles. The predicted octanol–water partition coefficient (Wildman–Crippen LogP) is 22.2. The van der Waals surface area contributed by atoms with Crippen LogP contribution in [-0.2, 0) is 28.6 Å². The highest BCUT2D eigenvalue weighted by atomic mass is 16.6. The number of hydrogen-bond donors (Lipinski definition) is 0. The molecule has 0 aromatic heterocycles. The molecule has 0 saturated heterocycles. The third-order valence-corrected chi connectivity index (χ3v) is 14.6. The van der Waals surface area contributed by atoms with Gasteiger partial charge >= 0.3 is 17.9 Å². The highest BCUT2D eigenvalue weighted by Crippen LogP contribution is 2.17. The average Bonchev–Trinajstić information content (AvgIpc) is 3.40. The maximum atomic E-state index is 12.9. The van der Waals surface area contributed by atoms with Crippen LogP contribution >= 0.6 is 0 Å². The lowest BCUT2D eigenvalue weighted by Gasteiger charge is -2.18. The van der Waals surface area contributed by atoms with Gasteiger partial charge in [-0.2, -0.15) is 0 Å². The molecule has 0 bridgehead atoms. The third-order valence-electron chi connectivity index (χ3n) is 14.6. The molecule has 0 spiro atoms. The Morgan fingerprint density at radius 2 is 0.527 bits per heavy atom. The van der Waals surface area contributed by atoms with Gasteiger partial charge in [0.15, 0.2) is 6.10 Å². The van der Waals surface area contributed by atoms with Crippen LogP contribution in [0, 0.1) is 0 Å². The Balaban J connectivity index is 4.22. The molecule has 1 unspecified atom stereocenters. The first-order valence-electron chi connectivity index (χ1n) is 32.6. The number of hydrogen-bond acceptors (Lipinski definition) is 6. The second kappa shape index (κ2) is 62.9. The van der Waals surface area contributed by atoms with Gasteiger partial charge in [-0.1, -0.05) is 301 Å². The summed E-state index contributed by atoms with van der Waals surface area (Å²) >= 11 is 0. The minimum Gasteiger partial charge on any atom is -0.462 e. The van der Waals surface area contributed by atoms with Crippen molar-refractivity contribution in [1.29, 1.82) is 0 Å². The summed E-state index contributed by atoms with van der Waals surface area (Å²) in [4.78, 5) is 38.3. The fourth-order valence-electron chi connectivity index (χ4n) is 9.69. The Bertz CT molecular complexity index is 1280. The average molecular weight is 1040 g/mol. The molecular formula is C68H124O6. The van der Waals surface area contributed by atoms with Crippen LogP contribution in [-0.4, -0.2) is 37.2 Å². The second-order valence-corrected chi connectivity index (χ2v) is 22.0. The molecule has 0 saturated carbocycles. The van der Waals surface area contributed by atoms with Gasteiger partial charge < -0.3 is 14.2 Å². The van der Waals surface area contributed by atoms with Gasteiger partial charge in [-0.05, 0) is 77.0 Å². The number of carbonyl (C=O) groups is 3. The molecular weight excluding hydrogens is 913 g/mol. The van der Waals surface area contributed by atoms with E-state index in [0.29, 0.717) is 19.3 Å². The highest BCUT2D eigenvalue weighted by molar-refractivity contribution is 5.71. The summed E-state index contributed by atoms with van der Waals surface area (Å²) in [6, 6.07) is 0. The zero-order valence-electron chi connectivity index (χ0n) is 49.6. The molecule has 0 aromatic carbocycles. The number of rotatable bonds is 60. The van der Waals surface area contributed by atoms with Crippen LogP contribution in [0.2, 0.25) is 0 Å². The number of ether oxygens (including phenoxy) is 3. The molecule has 0 rings (SSSR count). The molecule has 74 heavy (non-hydrogen) atoms. The van der Waals surface area contributed by atoms with Crippen LogP contribution in [0.1, 0.15) is 348 Å². The van der Waals surface area contributed by atoms with Gasteiger partial charge in [-0.15, -0.1) is 0 Å². The van der Waals surface area contributed by atoms with Gasteiger partial charge in [0.05, 0.1) is 0 Å². The van der Waals surface area contributed by atoms with Crippen LogP contribution < -0.4 is 0 Å². The van der Waals surface area contributed by atoms with E-state index in [2.05, 4.69) is 69.4 Å². The molecule has 0 aromatic rings. The molecule has 0 N–H and O–H groups in total. The normalized spacial score (nSPS) is 12.3. The van der Waals surface area contributed by atoms with E-state index in [1.807, 2.05) is 0 Å². The lowest BCUT2D eigenvalue weighted by molar-refractivity contribution is -0.167. The summed E-state index contributed by atoms with van der Waals surface area (Å²) in [5.74, 6) is -0.872. The summed E-state index contributed by atoms with van der Waals surface area (Å²) in [6.45, 7) is 6.57. The van der Waals surface area contributed by atoms with Crippen molar-refractivity contribution in [1.82, 2.24) is 0 Å². The zero-order valence-corrected chi connectivity index (χ0v) is 49.6. The number of esters is 3. The Morgan fingerprint density at radius 1 is 0.284 bits per heavy atom. The Labute approximate surface area is 460 Å². The summed E-state index contributed by atoms with van der Waals surface area (Å²) in [7, 11) is 0. The van der Waals surface area contributed by atoms with E-state index >= 15 is 0 Å². The van der Waals surface area contributed by atoms with Crippen molar-refractivity contribution < 1.29 is 28.6 Å². The Hall–Kier alpha value is -2.63. The van der Waals surface area contributed by atoms with Gasteiger partial charge in [0.2, 0.25) is 0 Å². The first-order chi connectivity index (χ1) is 36.5. The van der Waals surface area contributed by atoms with Gasteiger partial charge in [-0.25, -0.2) is 0 Å². The van der Waals surface area contributed by atoms with Crippen molar-refractivity contribution in [2.24, 2.45) is 0 Å². The summed E-state index contributed by atoms with van der Waals surface area (Å²) in [5.41, 5.74) is 0. The van der Waals surface area contributed by atoms with Crippen molar-refractivity contribution in [3.05, 3.63) is 48.6 Å².